The van der Waals surface area contributed by atoms with Crippen molar-refractivity contribution >= 4 is 23.2 Å². The molecule has 0 aromatic heterocycles. The van der Waals surface area contributed by atoms with Crippen molar-refractivity contribution < 1.29 is 14.3 Å². The molecule has 0 bridgehead atoms. The Morgan fingerprint density at radius 3 is 2.74 bits per heavy atom. The van der Waals surface area contributed by atoms with Crippen LogP contribution in [0.25, 0.3) is 0 Å². The molecule has 1 aromatic carbocycles. The number of anilines is 1. The van der Waals surface area contributed by atoms with Crippen LogP contribution >= 0.6 is 11.6 Å². The van der Waals surface area contributed by atoms with Crippen molar-refractivity contribution in [2.45, 2.75) is 12.8 Å². The van der Waals surface area contributed by atoms with Crippen LogP contribution in [0.1, 0.15) is 23.2 Å². The largest absolute Gasteiger partial charge is 0.496 e. The van der Waals surface area contributed by atoms with E-state index in [2.05, 4.69) is 5.32 Å². The standard InChI is InChI=1S/C13H19ClN2O3/c1-18-6-4-3-5-16-13(17)9-7-10(14)11(15)8-12(9)19-2/h7-8H,3-6,15H2,1-2H3,(H,16,17). The van der Waals surface area contributed by atoms with Crippen molar-refractivity contribution in [1.29, 1.82) is 0 Å². The Bertz CT molecular complexity index is 438. The summed E-state index contributed by atoms with van der Waals surface area (Å²) in [5, 5.41) is 3.14. The zero-order chi connectivity index (χ0) is 14.3. The first-order chi connectivity index (χ1) is 9.10. The van der Waals surface area contributed by atoms with E-state index in [4.69, 9.17) is 26.8 Å². The van der Waals surface area contributed by atoms with E-state index in [1.807, 2.05) is 0 Å². The molecule has 0 aliphatic rings. The molecule has 0 spiro atoms. The van der Waals surface area contributed by atoms with Gasteiger partial charge in [0.2, 0.25) is 0 Å². The SMILES string of the molecule is COCCCCNC(=O)c1cc(Cl)c(N)cc1OC. The van der Waals surface area contributed by atoms with E-state index < -0.39 is 0 Å². The zero-order valence-corrected chi connectivity index (χ0v) is 11.9. The highest BCUT2D eigenvalue weighted by molar-refractivity contribution is 6.33. The quantitative estimate of drug-likeness (QED) is 0.594. The summed E-state index contributed by atoms with van der Waals surface area (Å²) in [7, 11) is 3.14. The predicted octanol–water partition coefficient (Wildman–Crippen LogP) is 2.09. The van der Waals surface area contributed by atoms with Crippen molar-refractivity contribution in [2.75, 3.05) is 33.1 Å². The van der Waals surface area contributed by atoms with E-state index in [1.165, 1.54) is 13.2 Å². The molecule has 0 heterocycles. The molecule has 0 saturated heterocycles. The molecule has 0 unspecified atom stereocenters. The molecule has 0 radical (unpaired) electrons. The van der Waals surface area contributed by atoms with Crippen LogP contribution in [0.5, 0.6) is 5.75 Å². The first-order valence-electron chi connectivity index (χ1n) is 6.00. The molecule has 0 fully saturated rings. The van der Waals surface area contributed by atoms with Gasteiger partial charge in [-0.15, -0.1) is 0 Å². The fraction of sp³-hybridized carbons (Fsp3) is 0.462. The van der Waals surface area contributed by atoms with Crippen molar-refractivity contribution in [2.24, 2.45) is 0 Å². The van der Waals surface area contributed by atoms with E-state index in [-0.39, 0.29) is 5.91 Å². The van der Waals surface area contributed by atoms with Crippen molar-refractivity contribution in [3.05, 3.63) is 22.7 Å². The second-order valence-electron chi connectivity index (χ2n) is 4.03. The van der Waals surface area contributed by atoms with Crippen molar-refractivity contribution in [1.82, 2.24) is 5.32 Å². The minimum absolute atomic E-state index is 0.226. The maximum Gasteiger partial charge on any atom is 0.255 e. The zero-order valence-electron chi connectivity index (χ0n) is 11.2. The van der Waals surface area contributed by atoms with Gasteiger partial charge in [-0.1, -0.05) is 11.6 Å². The number of hydrogen-bond donors (Lipinski definition) is 2. The third kappa shape index (κ3) is 4.61. The maximum atomic E-state index is 12.0. The molecular weight excluding hydrogens is 268 g/mol. The van der Waals surface area contributed by atoms with E-state index >= 15 is 0 Å². The number of hydrogen-bond acceptors (Lipinski definition) is 4. The Balaban J connectivity index is 2.63. The van der Waals surface area contributed by atoms with Gasteiger partial charge in [0.1, 0.15) is 5.75 Å². The number of methoxy groups -OCH3 is 2. The fourth-order valence-electron chi connectivity index (χ4n) is 1.58. The maximum absolute atomic E-state index is 12.0. The second kappa shape index (κ2) is 7.86. The lowest BCUT2D eigenvalue weighted by molar-refractivity contribution is 0.0948. The summed E-state index contributed by atoms with van der Waals surface area (Å²) >= 11 is 5.91. The number of halogens is 1. The number of nitrogens with one attached hydrogen (secondary N) is 1. The summed E-state index contributed by atoms with van der Waals surface area (Å²) in [5.41, 5.74) is 6.43. The number of nitrogen functional groups attached to an aromatic ring is 1. The minimum Gasteiger partial charge on any atom is -0.496 e. The lowest BCUT2D eigenvalue weighted by atomic mass is 10.1. The van der Waals surface area contributed by atoms with Crippen LogP contribution in [-0.2, 0) is 4.74 Å². The fourth-order valence-corrected chi connectivity index (χ4v) is 1.75. The molecule has 0 aliphatic heterocycles. The molecule has 1 aromatic rings. The number of ether oxygens (including phenoxy) is 2. The van der Waals surface area contributed by atoms with Crippen LogP contribution in [0.15, 0.2) is 12.1 Å². The highest BCUT2D eigenvalue weighted by atomic mass is 35.5. The second-order valence-corrected chi connectivity index (χ2v) is 4.44. The summed E-state index contributed by atoms with van der Waals surface area (Å²) in [6.45, 7) is 1.26. The predicted molar refractivity (Wildman–Crippen MR) is 75.9 cm³/mol. The van der Waals surface area contributed by atoms with Gasteiger partial charge in [-0.2, -0.15) is 0 Å². The summed E-state index contributed by atoms with van der Waals surface area (Å²) in [6.07, 6.45) is 1.75. The van der Waals surface area contributed by atoms with Crippen LogP contribution < -0.4 is 15.8 Å². The molecule has 6 heteroatoms. The third-order valence-corrected chi connectivity index (χ3v) is 2.95. The lowest BCUT2D eigenvalue weighted by Gasteiger charge is -2.11. The summed E-state index contributed by atoms with van der Waals surface area (Å²) in [5.74, 6) is 0.187. The number of rotatable bonds is 7. The van der Waals surface area contributed by atoms with Gasteiger partial charge in [0.05, 0.1) is 23.4 Å². The van der Waals surface area contributed by atoms with E-state index in [0.717, 1.165) is 12.8 Å². The lowest BCUT2D eigenvalue weighted by Crippen LogP contribution is -2.25. The Hall–Kier alpha value is -1.46. The average Bonchev–Trinajstić information content (AvgIpc) is 2.40. The highest BCUT2D eigenvalue weighted by Gasteiger charge is 2.14. The Morgan fingerprint density at radius 2 is 2.11 bits per heavy atom. The van der Waals surface area contributed by atoms with E-state index in [0.29, 0.717) is 35.2 Å². The van der Waals surface area contributed by atoms with Gasteiger partial charge in [-0.25, -0.2) is 0 Å². The number of benzene rings is 1. The van der Waals surface area contributed by atoms with Gasteiger partial charge in [0.15, 0.2) is 0 Å². The van der Waals surface area contributed by atoms with Crippen LogP contribution in [-0.4, -0.2) is 33.3 Å². The topological polar surface area (TPSA) is 73.6 Å². The van der Waals surface area contributed by atoms with Crippen LogP contribution in [0, 0.1) is 0 Å². The number of carbonyl (C=O) groups excluding carboxylic acids is 1. The first-order valence-corrected chi connectivity index (χ1v) is 6.38. The van der Waals surface area contributed by atoms with Crippen LogP contribution in [0.2, 0.25) is 5.02 Å². The Kier molecular flexibility index (Phi) is 6.45. The van der Waals surface area contributed by atoms with Gasteiger partial charge in [0.25, 0.3) is 5.91 Å². The summed E-state index contributed by atoms with van der Waals surface area (Å²) in [6, 6.07) is 3.06. The Labute approximate surface area is 118 Å². The van der Waals surface area contributed by atoms with Gasteiger partial charge in [-0.3, -0.25) is 4.79 Å². The molecule has 1 rings (SSSR count). The normalized spacial score (nSPS) is 10.3. The molecule has 106 valence electrons. The van der Waals surface area contributed by atoms with Crippen LogP contribution in [0.3, 0.4) is 0 Å². The van der Waals surface area contributed by atoms with Gasteiger partial charge in [0, 0.05) is 26.3 Å². The molecule has 5 nitrogen and oxygen atoms in total. The highest BCUT2D eigenvalue weighted by Crippen LogP contribution is 2.28. The summed E-state index contributed by atoms with van der Waals surface area (Å²) < 4.78 is 10.1. The number of carbonyl (C=O) groups is 1. The summed E-state index contributed by atoms with van der Waals surface area (Å²) in [4.78, 5) is 12.0. The monoisotopic (exact) mass is 286 g/mol. The van der Waals surface area contributed by atoms with Crippen molar-refractivity contribution in [3.63, 3.8) is 0 Å². The molecule has 0 atom stereocenters. The van der Waals surface area contributed by atoms with Gasteiger partial charge >= 0.3 is 0 Å². The van der Waals surface area contributed by atoms with Crippen molar-refractivity contribution in [3.8, 4) is 5.75 Å². The molecular formula is C13H19ClN2O3. The minimum atomic E-state index is -0.226. The molecule has 0 saturated carbocycles. The van der Waals surface area contributed by atoms with Gasteiger partial charge in [-0.05, 0) is 18.9 Å². The molecule has 19 heavy (non-hydrogen) atoms. The van der Waals surface area contributed by atoms with E-state index in [9.17, 15) is 4.79 Å². The van der Waals surface area contributed by atoms with Gasteiger partial charge < -0.3 is 20.5 Å². The molecule has 0 aliphatic carbocycles. The number of unbranched alkanes of at least 4 members (excludes halogenated alkanes) is 1. The van der Waals surface area contributed by atoms with Crippen LogP contribution in [0.4, 0.5) is 5.69 Å². The Morgan fingerprint density at radius 1 is 1.37 bits per heavy atom. The van der Waals surface area contributed by atoms with E-state index in [1.54, 1.807) is 13.2 Å². The number of amides is 1. The smallest absolute Gasteiger partial charge is 0.255 e. The molecule has 1 amide bonds. The third-order valence-electron chi connectivity index (χ3n) is 2.62. The average molecular weight is 287 g/mol. The molecule has 3 N–H and O–H groups in total. The first kappa shape index (κ1) is 15.6. The number of nitrogens with two attached hydrogens (primary N) is 1.